The summed E-state index contributed by atoms with van der Waals surface area (Å²) in [4.78, 5) is 11.3. The number of nitrogens with one attached hydrogen (secondary N) is 2. The van der Waals surface area contributed by atoms with Gasteiger partial charge in [0.25, 0.3) is 0 Å². The molecule has 2 aromatic rings. The molecule has 0 spiro atoms. The number of hydrogen-bond donors (Lipinski definition) is 2. The monoisotopic (exact) mass is 296 g/mol. The molecule has 0 aliphatic carbocycles. The number of benzene rings is 2. The van der Waals surface area contributed by atoms with E-state index in [1.54, 1.807) is 0 Å². The van der Waals surface area contributed by atoms with Crippen LogP contribution in [-0.4, -0.2) is 19.0 Å². The Kier molecular flexibility index (Phi) is 6.65. The Bertz CT molecular complexity index is 564. The lowest BCUT2D eigenvalue weighted by atomic mass is 10.0. The summed E-state index contributed by atoms with van der Waals surface area (Å²) in [6, 6.07) is 19.1. The Labute approximate surface area is 132 Å². The van der Waals surface area contributed by atoms with E-state index in [1.165, 1.54) is 16.7 Å². The van der Waals surface area contributed by atoms with Gasteiger partial charge in [-0.1, -0.05) is 54.6 Å². The van der Waals surface area contributed by atoms with Gasteiger partial charge in [-0.15, -0.1) is 0 Å². The molecule has 0 bridgehead atoms. The fourth-order valence-corrected chi connectivity index (χ4v) is 2.34. The Morgan fingerprint density at radius 3 is 2.09 bits per heavy atom. The molecule has 0 unspecified atom stereocenters. The molecule has 0 atom stereocenters. The third kappa shape index (κ3) is 5.70. The van der Waals surface area contributed by atoms with Gasteiger partial charge >= 0.3 is 0 Å². The minimum atomic E-state index is 0.0435. The van der Waals surface area contributed by atoms with Crippen LogP contribution in [0.2, 0.25) is 0 Å². The van der Waals surface area contributed by atoms with Crippen molar-refractivity contribution in [3.05, 3.63) is 71.3 Å². The first-order chi connectivity index (χ1) is 10.8. The Hall–Kier alpha value is -2.13. The maximum absolute atomic E-state index is 11.3. The first kappa shape index (κ1) is 16.2. The van der Waals surface area contributed by atoms with Gasteiger partial charge in [0.2, 0.25) is 5.91 Å². The van der Waals surface area contributed by atoms with Gasteiger partial charge in [0.05, 0.1) is 6.54 Å². The molecule has 0 aromatic heterocycles. The summed E-state index contributed by atoms with van der Waals surface area (Å²) in [6.07, 6.45) is 2.12. The maximum atomic E-state index is 11.3. The lowest BCUT2D eigenvalue weighted by Crippen LogP contribution is -2.33. The van der Waals surface area contributed by atoms with Gasteiger partial charge in [0, 0.05) is 13.1 Å². The van der Waals surface area contributed by atoms with Gasteiger partial charge < -0.3 is 10.6 Å². The van der Waals surface area contributed by atoms with Crippen LogP contribution in [0.25, 0.3) is 0 Å². The van der Waals surface area contributed by atoms with Gasteiger partial charge in [-0.05, 0) is 36.5 Å². The molecule has 0 saturated heterocycles. The van der Waals surface area contributed by atoms with Crippen LogP contribution in [0, 0.1) is 0 Å². The van der Waals surface area contributed by atoms with Crippen LogP contribution in [0.1, 0.15) is 23.6 Å². The zero-order valence-electron chi connectivity index (χ0n) is 13.1. The summed E-state index contributed by atoms with van der Waals surface area (Å²) >= 11 is 0. The highest BCUT2D eigenvalue weighted by molar-refractivity contribution is 5.77. The van der Waals surface area contributed by atoms with Crippen LogP contribution in [0.15, 0.2) is 54.6 Å². The van der Waals surface area contributed by atoms with E-state index in [0.29, 0.717) is 13.1 Å². The van der Waals surface area contributed by atoms with Crippen LogP contribution >= 0.6 is 0 Å². The molecule has 3 nitrogen and oxygen atoms in total. The van der Waals surface area contributed by atoms with E-state index >= 15 is 0 Å². The molecule has 0 aliphatic rings. The summed E-state index contributed by atoms with van der Waals surface area (Å²) < 4.78 is 0. The summed E-state index contributed by atoms with van der Waals surface area (Å²) in [5.74, 6) is 0.0435. The van der Waals surface area contributed by atoms with Crippen molar-refractivity contribution >= 4 is 5.91 Å². The standard InChI is InChI=1S/C19H24N2O/c1-2-21-19(22)15-20-14-18-12-10-17(11-13-18)9-8-16-6-4-3-5-7-16/h3-7,10-13,20H,2,8-9,14-15H2,1H3,(H,21,22). The summed E-state index contributed by atoms with van der Waals surface area (Å²) in [6.45, 7) is 3.68. The third-order valence-electron chi connectivity index (χ3n) is 3.56. The molecule has 1 amide bonds. The second-order valence-corrected chi connectivity index (χ2v) is 5.36. The third-order valence-corrected chi connectivity index (χ3v) is 3.56. The van der Waals surface area contributed by atoms with E-state index in [1.807, 2.05) is 13.0 Å². The quantitative estimate of drug-likeness (QED) is 0.786. The second kappa shape index (κ2) is 9.00. The average molecular weight is 296 g/mol. The van der Waals surface area contributed by atoms with Gasteiger partial charge in [-0.3, -0.25) is 4.79 Å². The van der Waals surface area contributed by atoms with Gasteiger partial charge in [-0.2, -0.15) is 0 Å². The molecule has 116 valence electrons. The Morgan fingerprint density at radius 2 is 1.45 bits per heavy atom. The molecule has 0 saturated carbocycles. The molecule has 3 heteroatoms. The molecule has 2 N–H and O–H groups in total. The molecule has 0 radical (unpaired) electrons. The fourth-order valence-electron chi connectivity index (χ4n) is 2.34. The minimum Gasteiger partial charge on any atom is -0.355 e. The largest absolute Gasteiger partial charge is 0.355 e. The molecular formula is C19H24N2O. The first-order valence-corrected chi connectivity index (χ1v) is 7.87. The van der Waals surface area contributed by atoms with Crippen molar-refractivity contribution in [1.82, 2.24) is 10.6 Å². The molecular weight excluding hydrogens is 272 g/mol. The zero-order valence-corrected chi connectivity index (χ0v) is 13.1. The summed E-state index contributed by atoms with van der Waals surface area (Å²) in [5, 5.41) is 5.92. The normalized spacial score (nSPS) is 10.4. The minimum absolute atomic E-state index is 0.0435. The molecule has 0 heterocycles. The van der Waals surface area contributed by atoms with Crippen LogP contribution in [0.3, 0.4) is 0 Å². The second-order valence-electron chi connectivity index (χ2n) is 5.36. The van der Waals surface area contributed by atoms with Crippen molar-refractivity contribution in [3.8, 4) is 0 Å². The van der Waals surface area contributed by atoms with Crippen molar-refractivity contribution in [2.24, 2.45) is 0 Å². The fraction of sp³-hybridized carbons (Fsp3) is 0.316. The molecule has 2 rings (SSSR count). The van der Waals surface area contributed by atoms with Crippen LogP contribution < -0.4 is 10.6 Å². The molecule has 0 aliphatic heterocycles. The first-order valence-electron chi connectivity index (χ1n) is 7.87. The number of hydrogen-bond acceptors (Lipinski definition) is 2. The number of aryl methyl sites for hydroxylation is 2. The molecule has 22 heavy (non-hydrogen) atoms. The number of carbonyl (C=O) groups is 1. The zero-order chi connectivity index (χ0) is 15.6. The molecule has 0 fully saturated rings. The highest BCUT2D eigenvalue weighted by Crippen LogP contribution is 2.09. The molecule has 2 aromatic carbocycles. The predicted octanol–water partition coefficient (Wildman–Crippen LogP) is 2.70. The van der Waals surface area contributed by atoms with E-state index in [9.17, 15) is 4.79 Å². The average Bonchev–Trinajstić information content (AvgIpc) is 2.55. The number of likely N-dealkylation sites (N-methyl/N-ethyl adjacent to an activating group) is 1. The van der Waals surface area contributed by atoms with E-state index in [4.69, 9.17) is 0 Å². The Balaban J connectivity index is 1.74. The number of carbonyl (C=O) groups excluding carboxylic acids is 1. The number of amides is 1. The lowest BCUT2D eigenvalue weighted by Gasteiger charge is -2.07. The van der Waals surface area contributed by atoms with E-state index in [-0.39, 0.29) is 5.91 Å². The van der Waals surface area contributed by atoms with E-state index in [0.717, 1.165) is 19.4 Å². The highest BCUT2D eigenvalue weighted by Gasteiger charge is 2.00. The van der Waals surface area contributed by atoms with Gasteiger partial charge in [0.15, 0.2) is 0 Å². The highest BCUT2D eigenvalue weighted by atomic mass is 16.1. The Morgan fingerprint density at radius 1 is 0.864 bits per heavy atom. The van der Waals surface area contributed by atoms with Crippen molar-refractivity contribution in [3.63, 3.8) is 0 Å². The topological polar surface area (TPSA) is 41.1 Å². The predicted molar refractivity (Wildman–Crippen MR) is 90.7 cm³/mol. The van der Waals surface area contributed by atoms with Gasteiger partial charge in [-0.25, -0.2) is 0 Å². The van der Waals surface area contributed by atoms with Crippen LogP contribution in [-0.2, 0) is 24.2 Å². The van der Waals surface area contributed by atoms with Gasteiger partial charge in [0.1, 0.15) is 0 Å². The van der Waals surface area contributed by atoms with Crippen molar-refractivity contribution in [2.45, 2.75) is 26.3 Å². The van der Waals surface area contributed by atoms with Crippen LogP contribution in [0.4, 0.5) is 0 Å². The van der Waals surface area contributed by atoms with Crippen molar-refractivity contribution in [1.29, 1.82) is 0 Å². The summed E-state index contributed by atoms with van der Waals surface area (Å²) in [7, 11) is 0. The van der Waals surface area contributed by atoms with E-state index in [2.05, 4.69) is 59.2 Å². The lowest BCUT2D eigenvalue weighted by molar-refractivity contribution is -0.120. The van der Waals surface area contributed by atoms with Crippen LogP contribution in [0.5, 0.6) is 0 Å². The smallest absolute Gasteiger partial charge is 0.233 e. The maximum Gasteiger partial charge on any atom is 0.233 e. The number of rotatable bonds is 8. The summed E-state index contributed by atoms with van der Waals surface area (Å²) in [5.41, 5.74) is 3.92. The van der Waals surface area contributed by atoms with Crippen molar-refractivity contribution in [2.75, 3.05) is 13.1 Å². The SMILES string of the molecule is CCNC(=O)CNCc1ccc(CCc2ccccc2)cc1. The van der Waals surface area contributed by atoms with E-state index < -0.39 is 0 Å². The van der Waals surface area contributed by atoms with Crippen molar-refractivity contribution < 1.29 is 4.79 Å².